The average Bonchev–Trinajstić information content (AvgIpc) is 2.05. The van der Waals surface area contributed by atoms with Crippen LogP contribution in [0.4, 0.5) is 0 Å². The van der Waals surface area contributed by atoms with Crippen LogP contribution in [0.3, 0.4) is 0 Å². The van der Waals surface area contributed by atoms with Gasteiger partial charge in [-0.2, -0.15) is 0 Å². The Labute approximate surface area is 95.9 Å². The fraction of sp³-hybridized carbons (Fsp3) is 0.750. The molecule has 0 aliphatic heterocycles. The maximum atomic E-state index is 8.37. The van der Waals surface area contributed by atoms with Gasteiger partial charge in [0, 0.05) is 0 Å². The molecule has 0 fully saturated rings. The SMILES string of the molecule is N#CCC[CH2][Ge]([Br])([Br])[CH2]CCC#N. The van der Waals surface area contributed by atoms with E-state index in [0.29, 0.717) is 12.8 Å². The molecule has 0 aromatic heterocycles. The molecule has 0 aliphatic rings. The fourth-order valence-electron chi connectivity index (χ4n) is 0.977. The second kappa shape index (κ2) is 7.85. The van der Waals surface area contributed by atoms with Crippen LogP contribution >= 0.6 is 28.0 Å². The van der Waals surface area contributed by atoms with Crippen molar-refractivity contribution < 1.29 is 0 Å². The number of hydrogen-bond acceptors (Lipinski definition) is 2. The van der Waals surface area contributed by atoms with E-state index in [-0.39, 0.29) is 0 Å². The van der Waals surface area contributed by atoms with Crippen LogP contribution in [-0.2, 0) is 0 Å². The minimum atomic E-state index is -1.94. The van der Waals surface area contributed by atoms with E-state index in [1.165, 1.54) is 0 Å². The first kappa shape index (κ1) is 13.5. The summed E-state index contributed by atoms with van der Waals surface area (Å²) in [6, 6.07) is 4.29. The van der Waals surface area contributed by atoms with Crippen molar-refractivity contribution in [2.24, 2.45) is 0 Å². The number of unbranched alkanes of at least 4 members (excludes halogenated alkanes) is 2. The standard InChI is InChI=1S/C8H12Br2GeN2/c9-11(10,5-1-3-7-12)6-2-4-8-13/h1-6H2. The number of hydrogen-bond donors (Lipinski definition) is 0. The monoisotopic (exact) mass is 368 g/mol. The van der Waals surface area contributed by atoms with Gasteiger partial charge in [0.15, 0.2) is 0 Å². The first-order chi connectivity index (χ1) is 6.12. The molecule has 0 aromatic rings. The summed E-state index contributed by atoms with van der Waals surface area (Å²) in [6.45, 7) is 0. The zero-order valence-corrected chi connectivity index (χ0v) is 12.7. The van der Waals surface area contributed by atoms with Gasteiger partial charge in [0.25, 0.3) is 0 Å². The van der Waals surface area contributed by atoms with Crippen LogP contribution in [0.2, 0.25) is 10.5 Å². The van der Waals surface area contributed by atoms with E-state index in [1.807, 2.05) is 0 Å². The average molecular weight is 369 g/mol. The number of halogens is 2. The number of nitriles is 2. The molecule has 13 heavy (non-hydrogen) atoms. The van der Waals surface area contributed by atoms with Crippen molar-refractivity contribution in [1.29, 1.82) is 10.5 Å². The van der Waals surface area contributed by atoms with E-state index < -0.39 is 9.58 Å². The molecular formula is C8H12Br2GeN2. The van der Waals surface area contributed by atoms with Crippen molar-refractivity contribution in [3.8, 4) is 12.1 Å². The summed E-state index contributed by atoms with van der Waals surface area (Å²) in [7, 11) is -1.94. The third-order valence-electron chi connectivity index (χ3n) is 1.66. The van der Waals surface area contributed by atoms with Gasteiger partial charge in [-0.1, -0.05) is 0 Å². The van der Waals surface area contributed by atoms with Gasteiger partial charge in [0.05, 0.1) is 0 Å². The molecule has 0 atom stereocenters. The van der Waals surface area contributed by atoms with E-state index >= 15 is 0 Å². The molecule has 0 amide bonds. The third-order valence-corrected chi connectivity index (χ3v) is 14.5. The Kier molecular flexibility index (Phi) is 8.14. The molecule has 0 saturated heterocycles. The Balaban J connectivity index is 3.56. The molecule has 5 heteroatoms. The Hall–Kier alpha value is 0.483. The summed E-state index contributed by atoms with van der Waals surface area (Å²) < 4.78 is 0. The van der Waals surface area contributed by atoms with Crippen molar-refractivity contribution in [3.05, 3.63) is 0 Å². The van der Waals surface area contributed by atoms with Gasteiger partial charge in [-0.3, -0.25) is 0 Å². The van der Waals surface area contributed by atoms with E-state index in [9.17, 15) is 0 Å². The predicted octanol–water partition coefficient (Wildman–Crippen LogP) is 3.83. The van der Waals surface area contributed by atoms with Crippen molar-refractivity contribution in [2.45, 2.75) is 36.2 Å². The zero-order chi connectivity index (χ0) is 10.2. The molecule has 0 rings (SSSR count). The van der Waals surface area contributed by atoms with Crippen molar-refractivity contribution in [3.63, 3.8) is 0 Å². The normalized spacial score (nSPS) is 10.5. The summed E-state index contributed by atoms with van der Waals surface area (Å²) in [5, 5.41) is 19.0. The van der Waals surface area contributed by atoms with E-state index in [1.54, 1.807) is 0 Å². The molecular weight excluding hydrogens is 357 g/mol. The second-order valence-electron chi connectivity index (χ2n) is 2.88. The van der Waals surface area contributed by atoms with Gasteiger partial charge >= 0.3 is 96.4 Å². The molecule has 0 aliphatic carbocycles. The maximum absolute atomic E-state index is 8.37. The molecule has 0 radical (unpaired) electrons. The third kappa shape index (κ3) is 8.80. The van der Waals surface area contributed by atoms with Gasteiger partial charge in [-0.05, 0) is 0 Å². The molecule has 0 heterocycles. The zero-order valence-electron chi connectivity index (χ0n) is 7.39. The summed E-state index contributed by atoms with van der Waals surface area (Å²) in [5.41, 5.74) is 0. The molecule has 0 N–H and O–H groups in total. The van der Waals surface area contributed by atoms with Gasteiger partial charge in [0.1, 0.15) is 0 Å². The molecule has 0 aromatic carbocycles. The van der Waals surface area contributed by atoms with Crippen molar-refractivity contribution >= 4 is 37.6 Å². The van der Waals surface area contributed by atoms with Crippen LogP contribution in [0.25, 0.3) is 0 Å². The van der Waals surface area contributed by atoms with E-state index in [0.717, 1.165) is 23.3 Å². The van der Waals surface area contributed by atoms with Gasteiger partial charge in [-0.15, -0.1) is 0 Å². The number of nitrogens with zero attached hydrogens (tertiary/aromatic N) is 2. The van der Waals surface area contributed by atoms with Crippen molar-refractivity contribution in [2.75, 3.05) is 0 Å². The predicted molar refractivity (Wildman–Crippen MR) is 62.9 cm³/mol. The van der Waals surface area contributed by atoms with Crippen LogP contribution in [0.5, 0.6) is 0 Å². The van der Waals surface area contributed by atoms with Gasteiger partial charge in [-0.25, -0.2) is 0 Å². The van der Waals surface area contributed by atoms with Gasteiger partial charge < -0.3 is 0 Å². The summed E-state index contributed by atoms with van der Waals surface area (Å²) in [4.78, 5) is 0. The summed E-state index contributed by atoms with van der Waals surface area (Å²) in [6.07, 6.45) is 3.23. The Morgan fingerprint density at radius 3 is 1.62 bits per heavy atom. The Morgan fingerprint density at radius 2 is 1.31 bits per heavy atom. The van der Waals surface area contributed by atoms with Crippen molar-refractivity contribution in [1.82, 2.24) is 0 Å². The summed E-state index contributed by atoms with van der Waals surface area (Å²) >= 11 is 7.46. The Morgan fingerprint density at radius 1 is 0.923 bits per heavy atom. The molecule has 0 saturated carbocycles. The Bertz CT molecular complexity index is 195. The van der Waals surface area contributed by atoms with Crippen LogP contribution in [-0.4, -0.2) is 9.58 Å². The minimum absolute atomic E-state index is 0.641. The topological polar surface area (TPSA) is 47.6 Å². The quantitative estimate of drug-likeness (QED) is 0.528. The number of rotatable bonds is 6. The molecule has 72 valence electrons. The van der Waals surface area contributed by atoms with Crippen LogP contribution in [0.15, 0.2) is 0 Å². The van der Waals surface area contributed by atoms with Crippen LogP contribution in [0, 0.1) is 22.7 Å². The summed E-state index contributed by atoms with van der Waals surface area (Å²) in [5.74, 6) is 0. The molecule has 2 nitrogen and oxygen atoms in total. The van der Waals surface area contributed by atoms with Crippen LogP contribution < -0.4 is 0 Å². The first-order valence-electron chi connectivity index (χ1n) is 4.24. The van der Waals surface area contributed by atoms with Gasteiger partial charge in [0.2, 0.25) is 0 Å². The van der Waals surface area contributed by atoms with E-state index in [2.05, 4.69) is 40.1 Å². The first-order valence-corrected chi connectivity index (χ1v) is 17.0. The fourth-order valence-corrected chi connectivity index (χ4v) is 10.2. The van der Waals surface area contributed by atoms with E-state index in [4.69, 9.17) is 10.5 Å². The second-order valence-corrected chi connectivity index (χ2v) is 29.9. The molecule has 0 bridgehead atoms. The molecule has 0 unspecified atom stereocenters. The molecule has 0 spiro atoms. The van der Waals surface area contributed by atoms with Crippen LogP contribution in [0.1, 0.15) is 25.7 Å².